The first-order valence-corrected chi connectivity index (χ1v) is 5.95. The molecule has 0 aliphatic carbocycles. The van der Waals surface area contributed by atoms with Gasteiger partial charge in [0.05, 0.1) is 12.2 Å². The number of nitrogens with zero attached hydrogens (tertiary/aromatic N) is 1. The van der Waals surface area contributed by atoms with E-state index in [1.165, 1.54) is 18.7 Å². The van der Waals surface area contributed by atoms with Crippen molar-refractivity contribution in [3.05, 3.63) is 23.9 Å². The molecular weight excluding hydrogens is 218 g/mol. The van der Waals surface area contributed by atoms with Crippen LogP contribution in [-0.4, -0.2) is 22.7 Å². The summed E-state index contributed by atoms with van der Waals surface area (Å²) in [7, 11) is 0. The summed E-state index contributed by atoms with van der Waals surface area (Å²) < 4.78 is 5.43. The van der Waals surface area contributed by atoms with Crippen molar-refractivity contribution in [2.24, 2.45) is 5.92 Å². The molecule has 1 atom stereocenters. The minimum absolute atomic E-state index is 0.178. The van der Waals surface area contributed by atoms with Crippen LogP contribution < -0.4 is 4.74 Å². The number of rotatable bonds is 7. The van der Waals surface area contributed by atoms with Gasteiger partial charge in [-0.05, 0) is 24.8 Å². The molecule has 17 heavy (non-hydrogen) atoms. The fourth-order valence-electron chi connectivity index (χ4n) is 1.40. The van der Waals surface area contributed by atoms with Gasteiger partial charge in [-0.3, -0.25) is 0 Å². The highest BCUT2D eigenvalue weighted by Gasteiger charge is 2.03. The van der Waals surface area contributed by atoms with E-state index in [9.17, 15) is 4.79 Å². The molecular formula is C13H19NO3. The predicted molar refractivity (Wildman–Crippen MR) is 65.4 cm³/mol. The van der Waals surface area contributed by atoms with Crippen LogP contribution in [0.1, 0.15) is 43.5 Å². The number of ether oxygens (including phenoxy) is 1. The van der Waals surface area contributed by atoms with Crippen LogP contribution in [0.25, 0.3) is 0 Å². The van der Waals surface area contributed by atoms with Crippen LogP contribution in [0, 0.1) is 5.92 Å². The molecule has 1 aromatic rings. The summed E-state index contributed by atoms with van der Waals surface area (Å²) in [6, 6.07) is 3.09. The molecule has 0 amide bonds. The van der Waals surface area contributed by atoms with E-state index in [4.69, 9.17) is 9.84 Å². The van der Waals surface area contributed by atoms with Crippen LogP contribution in [0.5, 0.6) is 5.88 Å². The highest BCUT2D eigenvalue weighted by molar-refractivity contribution is 5.87. The van der Waals surface area contributed by atoms with Gasteiger partial charge in [0.1, 0.15) is 0 Å². The summed E-state index contributed by atoms with van der Waals surface area (Å²) in [5.74, 6) is 0.237. The van der Waals surface area contributed by atoms with Crippen LogP contribution in [-0.2, 0) is 0 Å². The molecule has 0 bridgehead atoms. The molecule has 94 valence electrons. The van der Waals surface area contributed by atoms with Crippen LogP contribution in [0.2, 0.25) is 0 Å². The molecule has 0 aliphatic rings. The lowest BCUT2D eigenvalue weighted by Crippen LogP contribution is -2.03. The van der Waals surface area contributed by atoms with Crippen molar-refractivity contribution in [2.45, 2.75) is 33.1 Å². The van der Waals surface area contributed by atoms with Gasteiger partial charge in [0, 0.05) is 12.3 Å². The first kappa shape index (κ1) is 13.5. The Morgan fingerprint density at radius 3 is 2.82 bits per heavy atom. The van der Waals surface area contributed by atoms with Gasteiger partial charge in [0.2, 0.25) is 5.88 Å². The van der Waals surface area contributed by atoms with Gasteiger partial charge in [0.15, 0.2) is 0 Å². The van der Waals surface area contributed by atoms with Crippen molar-refractivity contribution >= 4 is 5.97 Å². The summed E-state index contributed by atoms with van der Waals surface area (Å²) in [6.45, 7) is 5.03. The first-order valence-electron chi connectivity index (χ1n) is 5.95. The Labute approximate surface area is 102 Å². The molecule has 1 unspecified atom stereocenters. The second-order valence-electron chi connectivity index (χ2n) is 4.19. The zero-order valence-corrected chi connectivity index (χ0v) is 10.3. The monoisotopic (exact) mass is 237 g/mol. The van der Waals surface area contributed by atoms with Gasteiger partial charge in [0.25, 0.3) is 0 Å². The molecule has 1 rings (SSSR count). The zero-order chi connectivity index (χ0) is 12.7. The van der Waals surface area contributed by atoms with E-state index in [2.05, 4.69) is 18.8 Å². The average Bonchev–Trinajstić information content (AvgIpc) is 2.34. The quantitative estimate of drug-likeness (QED) is 0.740. The minimum Gasteiger partial charge on any atom is -0.478 e. The van der Waals surface area contributed by atoms with Crippen molar-refractivity contribution < 1.29 is 14.6 Å². The predicted octanol–water partition coefficient (Wildman–Crippen LogP) is 2.98. The van der Waals surface area contributed by atoms with Crippen molar-refractivity contribution in [3.8, 4) is 5.88 Å². The van der Waals surface area contributed by atoms with E-state index in [0.29, 0.717) is 12.5 Å². The average molecular weight is 237 g/mol. The Morgan fingerprint density at radius 2 is 2.29 bits per heavy atom. The van der Waals surface area contributed by atoms with E-state index in [1.807, 2.05) is 0 Å². The van der Waals surface area contributed by atoms with Gasteiger partial charge in [-0.2, -0.15) is 0 Å². The van der Waals surface area contributed by atoms with Gasteiger partial charge < -0.3 is 9.84 Å². The Morgan fingerprint density at radius 1 is 1.53 bits per heavy atom. The third-order valence-electron chi connectivity index (χ3n) is 2.77. The lowest BCUT2D eigenvalue weighted by Gasteiger charge is -2.08. The van der Waals surface area contributed by atoms with E-state index in [-0.39, 0.29) is 5.56 Å². The topological polar surface area (TPSA) is 59.4 Å². The Bertz CT molecular complexity index is 348. The number of carbonyl (C=O) groups is 1. The SMILES string of the molecule is CCC(C)CCCOc1ccc(C(=O)O)cn1. The number of pyridine rings is 1. The largest absolute Gasteiger partial charge is 0.478 e. The van der Waals surface area contributed by atoms with Crippen LogP contribution in [0.15, 0.2) is 18.3 Å². The lowest BCUT2D eigenvalue weighted by atomic mass is 10.0. The zero-order valence-electron chi connectivity index (χ0n) is 10.3. The van der Waals surface area contributed by atoms with Crippen molar-refractivity contribution in [2.75, 3.05) is 6.61 Å². The third-order valence-corrected chi connectivity index (χ3v) is 2.77. The molecule has 0 radical (unpaired) electrons. The van der Waals surface area contributed by atoms with Gasteiger partial charge >= 0.3 is 5.97 Å². The summed E-state index contributed by atoms with van der Waals surface area (Å²) in [4.78, 5) is 14.5. The molecule has 0 spiro atoms. The molecule has 0 aliphatic heterocycles. The van der Waals surface area contributed by atoms with Crippen molar-refractivity contribution in [1.29, 1.82) is 0 Å². The number of aromatic carboxylic acids is 1. The second kappa shape index (κ2) is 6.89. The summed E-state index contributed by atoms with van der Waals surface area (Å²) in [6.07, 6.45) is 4.64. The van der Waals surface area contributed by atoms with Gasteiger partial charge in [-0.1, -0.05) is 20.3 Å². The number of carboxylic acid groups (broad SMARTS) is 1. The van der Waals surface area contributed by atoms with E-state index < -0.39 is 5.97 Å². The normalized spacial score (nSPS) is 12.1. The molecule has 4 nitrogen and oxygen atoms in total. The van der Waals surface area contributed by atoms with E-state index in [1.54, 1.807) is 6.07 Å². The third kappa shape index (κ3) is 4.85. The molecule has 0 aromatic carbocycles. The summed E-state index contributed by atoms with van der Waals surface area (Å²) >= 11 is 0. The fraction of sp³-hybridized carbons (Fsp3) is 0.538. The molecule has 0 saturated heterocycles. The summed E-state index contributed by atoms with van der Waals surface area (Å²) in [5.41, 5.74) is 0.178. The minimum atomic E-state index is -0.971. The maximum Gasteiger partial charge on any atom is 0.337 e. The lowest BCUT2D eigenvalue weighted by molar-refractivity contribution is 0.0696. The number of hydrogen-bond donors (Lipinski definition) is 1. The highest BCUT2D eigenvalue weighted by Crippen LogP contribution is 2.11. The Balaban J connectivity index is 2.30. The van der Waals surface area contributed by atoms with Gasteiger partial charge in [-0.25, -0.2) is 9.78 Å². The van der Waals surface area contributed by atoms with E-state index in [0.717, 1.165) is 18.8 Å². The van der Waals surface area contributed by atoms with Crippen LogP contribution >= 0.6 is 0 Å². The van der Waals surface area contributed by atoms with Crippen LogP contribution in [0.4, 0.5) is 0 Å². The Kier molecular flexibility index (Phi) is 5.46. The van der Waals surface area contributed by atoms with Gasteiger partial charge in [-0.15, -0.1) is 0 Å². The first-order chi connectivity index (χ1) is 8.13. The smallest absolute Gasteiger partial charge is 0.337 e. The summed E-state index contributed by atoms with van der Waals surface area (Å²) in [5, 5.41) is 8.70. The molecule has 1 N–H and O–H groups in total. The second-order valence-corrected chi connectivity index (χ2v) is 4.19. The van der Waals surface area contributed by atoms with E-state index >= 15 is 0 Å². The molecule has 1 aromatic heterocycles. The fourth-order valence-corrected chi connectivity index (χ4v) is 1.40. The standard InChI is InChI=1S/C13H19NO3/c1-3-10(2)5-4-8-17-12-7-6-11(9-14-12)13(15)16/h6-7,9-10H,3-5,8H2,1-2H3,(H,15,16). The molecule has 0 saturated carbocycles. The molecule has 1 heterocycles. The van der Waals surface area contributed by atoms with Crippen molar-refractivity contribution in [1.82, 2.24) is 4.98 Å². The number of carboxylic acids is 1. The maximum atomic E-state index is 10.6. The Hall–Kier alpha value is -1.58. The van der Waals surface area contributed by atoms with Crippen molar-refractivity contribution in [3.63, 3.8) is 0 Å². The maximum absolute atomic E-state index is 10.6. The molecule has 0 fully saturated rings. The number of aromatic nitrogens is 1. The number of hydrogen-bond acceptors (Lipinski definition) is 3. The van der Waals surface area contributed by atoms with Crippen LogP contribution in [0.3, 0.4) is 0 Å². The molecule has 4 heteroatoms. The highest BCUT2D eigenvalue weighted by atomic mass is 16.5.